The molecule has 2 heterocycles. The fourth-order valence-corrected chi connectivity index (χ4v) is 4.68. The lowest BCUT2D eigenvalue weighted by molar-refractivity contribution is -0.137. The van der Waals surface area contributed by atoms with Crippen molar-refractivity contribution in [1.29, 1.82) is 0 Å². The molecule has 1 aromatic heterocycles. The molecule has 0 saturated carbocycles. The summed E-state index contributed by atoms with van der Waals surface area (Å²) in [5.74, 6) is -0.867. The highest BCUT2D eigenvalue weighted by Gasteiger charge is 2.33. The molecule has 3 aromatic carbocycles. The first-order chi connectivity index (χ1) is 17.2. The van der Waals surface area contributed by atoms with Gasteiger partial charge < -0.3 is 9.80 Å². The predicted molar refractivity (Wildman–Crippen MR) is 129 cm³/mol. The predicted octanol–water partition coefficient (Wildman–Crippen LogP) is 5.73. The number of alkyl halides is 3. The average molecular weight is 497 g/mol. The molecule has 0 bridgehead atoms. The summed E-state index contributed by atoms with van der Waals surface area (Å²) < 4.78 is 54.0. The molecule has 1 amide bonds. The highest BCUT2D eigenvalue weighted by molar-refractivity contribution is 5.94. The lowest BCUT2D eigenvalue weighted by Gasteiger charge is -2.30. The minimum Gasteiger partial charge on any atom is -0.330 e. The van der Waals surface area contributed by atoms with E-state index in [1.165, 1.54) is 18.2 Å². The molecule has 0 aliphatic carbocycles. The van der Waals surface area contributed by atoms with Crippen LogP contribution in [-0.2, 0) is 12.7 Å². The number of rotatable bonds is 5. The van der Waals surface area contributed by atoms with Crippen molar-refractivity contribution < 1.29 is 22.4 Å². The van der Waals surface area contributed by atoms with Crippen molar-refractivity contribution >= 4 is 16.8 Å². The summed E-state index contributed by atoms with van der Waals surface area (Å²) in [4.78, 5) is 17.1. The van der Waals surface area contributed by atoms with Crippen LogP contribution in [0.3, 0.4) is 0 Å². The van der Waals surface area contributed by atoms with Crippen molar-refractivity contribution in [3.8, 4) is 11.1 Å². The third-order valence-electron chi connectivity index (χ3n) is 6.69. The number of benzene rings is 3. The van der Waals surface area contributed by atoms with Gasteiger partial charge in [-0.05, 0) is 79.7 Å². The Hall–Kier alpha value is -3.72. The second kappa shape index (κ2) is 9.39. The highest BCUT2D eigenvalue weighted by atomic mass is 19.4. The zero-order valence-corrected chi connectivity index (χ0v) is 19.5. The van der Waals surface area contributed by atoms with Gasteiger partial charge in [-0.3, -0.25) is 9.89 Å². The van der Waals surface area contributed by atoms with E-state index in [0.29, 0.717) is 18.5 Å². The summed E-state index contributed by atoms with van der Waals surface area (Å²) >= 11 is 0. The summed E-state index contributed by atoms with van der Waals surface area (Å²) in [6.45, 7) is 1.38. The number of amides is 1. The lowest BCUT2D eigenvalue weighted by Crippen LogP contribution is -2.41. The van der Waals surface area contributed by atoms with Crippen LogP contribution in [0.25, 0.3) is 22.0 Å². The zero-order valence-electron chi connectivity index (χ0n) is 19.5. The molecule has 0 unspecified atom stereocenters. The zero-order chi connectivity index (χ0) is 25.4. The van der Waals surface area contributed by atoms with Gasteiger partial charge >= 0.3 is 6.18 Å². The summed E-state index contributed by atoms with van der Waals surface area (Å²) in [5.41, 5.74) is 2.22. The number of likely N-dealkylation sites (N-methyl/N-ethyl adjacent to an activating group) is 1. The monoisotopic (exact) mass is 496 g/mol. The molecule has 1 fully saturated rings. The Morgan fingerprint density at radius 3 is 2.50 bits per heavy atom. The number of fused-ring (bicyclic) bond motifs is 1. The molecule has 5 nitrogen and oxygen atoms in total. The number of hydrogen-bond donors (Lipinski definition) is 1. The number of hydrogen-bond acceptors (Lipinski definition) is 3. The van der Waals surface area contributed by atoms with E-state index in [9.17, 15) is 22.4 Å². The minimum absolute atomic E-state index is 0.00594. The van der Waals surface area contributed by atoms with E-state index < -0.39 is 23.5 Å². The molecule has 1 aliphatic heterocycles. The summed E-state index contributed by atoms with van der Waals surface area (Å²) in [7, 11) is 1.94. The Kier molecular flexibility index (Phi) is 6.26. The first-order valence-corrected chi connectivity index (χ1v) is 11.6. The van der Waals surface area contributed by atoms with Gasteiger partial charge in [0.1, 0.15) is 5.82 Å². The number of H-pyrrole nitrogens is 1. The molecule has 36 heavy (non-hydrogen) atoms. The molecule has 9 heteroatoms. The van der Waals surface area contributed by atoms with E-state index in [-0.39, 0.29) is 18.2 Å². The van der Waals surface area contributed by atoms with Gasteiger partial charge in [0.15, 0.2) is 0 Å². The standard InChI is InChI=1S/C27H24F4N4O/c1-34-11-10-23(16-34)35(26(36)17-2-6-22(7-3-17)27(29,30)31)15-21-13-18(4-8-24(21)28)19-5-9-25-20(12-19)14-32-33-25/h2-9,12-14,23H,10-11,15-16H2,1H3,(H,32,33)/t23-/m1/s1. The SMILES string of the molecule is CN1CC[C@@H](N(Cc2cc(-c3ccc4[nH]ncc4c3)ccc2F)C(=O)c2ccc(C(F)(F)F)cc2)C1. The maximum absolute atomic E-state index is 15.0. The van der Waals surface area contributed by atoms with Gasteiger partial charge in [-0.2, -0.15) is 18.3 Å². The highest BCUT2D eigenvalue weighted by Crippen LogP contribution is 2.31. The third kappa shape index (κ3) is 4.83. The van der Waals surface area contributed by atoms with Crippen molar-refractivity contribution in [3.63, 3.8) is 0 Å². The number of nitrogens with one attached hydrogen (secondary N) is 1. The second-order valence-corrected chi connectivity index (χ2v) is 9.19. The third-order valence-corrected chi connectivity index (χ3v) is 6.69. The number of aromatic nitrogens is 2. The van der Waals surface area contributed by atoms with Crippen LogP contribution in [0.15, 0.2) is 66.9 Å². The first-order valence-electron chi connectivity index (χ1n) is 11.6. The van der Waals surface area contributed by atoms with Crippen molar-refractivity contribution in [3.05, 3.63) is 89.4 Å². The van der Waals surface area contributed by atoms with Crippen molar-refractivity contribution in [1.82, 2.24) is 20.0 Å². The first kappa shape index (κ1) is 24.0. The van der Waals surface area contributed by atoms with Gasteiger partial charge in [-0.1, -0.05) is 12.1 Å². The van der Waals surface area contributed by atoms with E-state index in [1.807, 2.05) is 25.2 Å². The molecule has 5 rings (SSSR count). The minimum atomic E-state index is -4.49. The fourth-order valence-electron chi connectivity index (χ4n) is 4.68. The molecule has 1 aliphatic rings. The maximum atomic E-state index is 15.0. The molecular formula is C27H24F4N4O. The van der Waals surface area contributed by atoms with Gasteiger partial charge in [0.2, 0.25) is 0 Å². The van der Waals surface area contributed by atoms with Crippen LogP contribution in [0.5, 0.6) is 0 Å². The quantitative estimate of drug-likeness (QED) is 0.359. The van der Waals surface area contributed by atoms with E-state index >= 15 is 0 Å². The maximum Gasteiger partial charge on any atom is 0.416 e. The Morgan fingerprint density at radius 1 is 1.08 bits per heavy atom. The molecule has 1 atom stereocenters. The topological polar surface area (TPSA) is 52.2 Å². The van der Waals surface area contributed by atoms with Crippen molar-refractivity contribution in [2.24, 2.45) is 0 Å². The summed E-state index contributed by atoms with van der Waals surface area (Å²) in [6.07, 6.45) is -2.08. The van der Waals surface area contributed by atoms with Gasteiger partial charge in [0.25, 0.3) is 5.91 Å². The molecule has 1 saturated heterocycles. The Balaban J connectivity index is 1.46. The summed E-state index contributed by atoms with van der Waals surface area (Å²) in [5, 5.41) is 7.85. The van der Waals surface area contributed by atoms with Gasteiger partial charge in [0, 0.05) is 35.6 Å². The van der Waals surface area contributed by atoms with Gasteiger partial charge in [0.05, 0.1) is 17.3 Å². The van der Waals surface area contributed by atoms with E-state index in [0.717, 1.165) is 40.7 Å². The number of carbonyl (C=O) groups is 1. The van der Waals surface area contributed by atoms with E-state index in [1.54, 1.807) is 23.2 Å². The van der Waals surface area contributed by atoms with E-state index in [4.69, 9.17) is 0 Å². The smallest absolute Gasteiger partial charge is 0.330 e. The number of nitrogens with zero attached hydrogens (tertiary/aromatic N) is 3. The second-order valence-electron chi connectivity index (χ2n) is 9.19. The Bertz CT molecular complexity index is 1400. The normalized spacial score (nSPS) is 16.5. The fraction of sp³-hybridized carbons (Fsp3) is 0.259. The lowest BCUT2D eigenvalue weighted by atomic mass is 10.0. The summed E-state index contributed by atoms with van der Waals surface area (Å²) in [6, 6.07) is 14.5. The van der Waals surface area contributed by atoms with E-state index in [2.05, 4.69) is 15.1 Å². The van der Waals surface area contributed by atoms with Crippen molar-refractivity contribution in [2.75, 3.05) is 20.1 Å². The molecule has 0 radical (unpaired) electrons. The number of aromatic amines is 1. The number of likely N-dealkylation sites (tertiary alicyclic amines) is 1. The Labute approximate surface area is 205 Å². The van der Waals surface area contributed by atoms with Gasteiger partial charge in [-0.15, -0.1) is 0 Å². The van der Waals surface area contributed by atoms with Crippen LogP contribution in [0.1, 0.15) is 27.9 Å². The number of halogens is 4. The average Bonchev–Trinajstić information content (AvgIpc) is 3.51. The van der Waals surface area contributed by atoms with Crippen LogP contribution < -0.4 is 0 Å². The molecule has 186 valence electrons. The van der Waals surface area contributed by atoms with Crippen LogP contribution in [-0.4, -0.2) is 52.1 Å². The number of carbonyl (C=O) groups excluding carboxylic acids is 1. The molecule has 1 N–H and O–H groups in total. The molecule has 0 spiro atoms. The van der Waals surface area contributed by atoms with Gasteiger partial charge in [-0.25, -0.2) is 4.39 Å². The Morgan fingerprint density at radius 2 is 1.81 bits per heavy atom. The van der Waals surface area contributed by atoms with Crippen LogP contribution >= 0.6 is 0 Å². The molecule has 4 aromatic rings. The van der Waals surface area contributed by atoms with Crippen molar-refractivity contribution in [2.45, 2.75) is 25.2 Å². The molecular weight excluding hydrogens is 472 g/mol. The van der Waals surface area contributed by atoms with Crippen LogP contribution in [0, 0.1) is 5.82 Å². The van der Waals surface area contributed by atoms with Crippen LogP contribution in [0.4, 0.5) is 17.6 Å². The van der Waals surface area contributed by atoms with Crippen LogP contribution in [0.2, 0.25) is 0 Å². The largest absolute Gasteiger partial charge is 0.416 e.